The number of hydrogen-bond donors (Lipinski definition) is 2. The molecule has 0 amide bonds. The molecule has 1 rings (SSSR count). The first-order valence-corrected chi connectivity index (χ1v) is 6.90. The average molecular weight is 265 g/mol. The molecule has 1 atom stereocenters. The third-order valence-corrected chi connectivity index (χ3v) is 3.30. The molecule has 0 aromatic heterocycles. The summed E-state index contributed by atoms with van der Waals surface area (Å²) >= 11 is 0. The van der Waals surface area contributed by atoms with Crippen molar-refractivity contribution in [3.05, 3.63) is 29.3 Å². The maximum absolute atomic E-state index is 9.13. The Hall–Kier alpha value is -1.06. The smallest absolute Gasteiger partial charge is 0.123 e. The summed E-state index contributed by atoms with van der Waals surface area (Å²) in [5.74, 6) is 0.959. The second kappa shape index (κ2) is 6.92. The highest BCUT2D eigenvalue weighted by Crippen LogP contribution is 2.32. The van der Waals surface area contributed by atoms with Crippen molar-refractivity contribution in [3.8, 4) is 5.75 Å². The van der Waals surface area contributed by atoms with Gasteiger partial charge in [0, 0.05) is 6.04 Å². The van der Waals surface area contributed by atoms with E-state index in [1.807, 2.05) is 7.05 Å². The van der Waals surface area contributed by atoms with Gasteiger partial charge in [0.2, 0.25) is 0 Å². The molecule has 19 heavy (non-hydrogen) atoms. The Kier molecular flexibility index (Phi) is 5.83. The predicted molar refractivity (Wildman–Crippen MR) is 79.9 cm³/mol. The standard InChI is InChI=1S/C16H27NO2/c1-12-6-7-14(16(2,3)4)15(10-12)19-9-8-13(11-18)17-5/h6-7,10,13,17-18H,8-9,11H2,1-5H3. The van der Waals surface area contributed by atoms with Crippen molar-refractivity contribution in [1.29, 1.82) is 0 Å². The van der Waals surface area contributed by atoms with E-state index < -0.39 is 0 Å². The lowest BCUT2D eigenvalue weighted by atomic mass is 9.86. The number of rotatable bonds is 6. The summed E-state index contributed by atoms with van der Waals surface area (Å²) in [6, 6.07) is 6.46. The van der Waals surface area contributed by atoms with Crippen molar-refractivity contribution in [3.63, 3.8) is 0 Å². The van der Waals surface area contributed by atoms with E-state index in [-0.39, 0.29) is 18.1 Å². The quantitative estimate of drug-likeness (QED) is 0.831. The number of nitrogens with one attached hydrogen (secondary N) is 1. The van der Waals surface area contributed by atoms with Crippen molar-refractivity contribution in [1.82, 2.24) is 5.32 Å². The van der Waals surface area contributed by atoms with Crippen molar-refractivity contribution in [2.24, 2.45) is 0 Å². The van der Waals surface area contributed by atoms with Gasteiger partial charge in [-0.05, 0) is 43.0 Å². The van der Waals surface area contributed by atoms with Crippen LogP contribution in [0.25, 0.3) is 0 Å². The zero-order valence-corrected chi connectivity index (χ0v) is 12.8. The molecule has 0 aliphatic rings. The number of likely N-dealkylation sites (N-methyl/N-ethyl adjacent to an activating group) is 1. The van der Waals surface area contributed by atoms with Gasteiger partial charge < -0.3 is 15.2 Å². The van der Waals surface area contributed by atoms with E-state index in [4.69, 9.17) is 9.84 Å². The van der Waals surface area contributed by atoms with Crippen LogP contribution in [0.1, 0.15) is 38.3 Å². The Morgan fingerprint density at radius 2 is 2.00 bits per heavy atom. The van der Waals surface area contributed by atoms with E-state index in [2.05, 4.69) is 51.2 Å². The molecular weight excluding hydrogens is 238 g/mol. The van der Waals surface area contributed by atoms with Crippen LogP contribution in [0.15, 0.2) is 18.2 Å². The number of aryl methyl sites for hydroxylation is 1. The molecule has 0 aliphatic heterocycles. The summed E-state index contributed by atoms with van der Waals surface area (Å²) < 4.78 is 5.93. The lowest BCUT2D eigenvalue weighted by Crippen LogP contribution is -2.30. The van der Waals surface area contributed by atoms with Crippen LogP contribution in [0.3, 0.4) is 0 Å². The monoisotopic (exact) mass is 265 g/mol. The summed E-state index contributed by atoms with van der Waals surface area (Å²) in [7, 11) is 1.86. The molecule has 0 saturated heterocycles. The summed E-state index contributed by atoms with van der Waals surface area (Å²) in [5, 5.41) is 12.2. The van der Waals surface area contributed by atoms with E-state index in [1.165, 1.54) is 11.1 Å². The molecule has 3 nitrogen and oxygen atoms in total. The zero-order valence-electron chi connectivity index (χ0n) is 12.8. The number of aliphatic hydroxyl groups is 1. The van der Waals surface area contributed by atoms with Gasteiger partial charge in [-0.25, -0.2) is 0 Å². The molecule has 108 valence electrons. The third kappa shape index (κ3) is 4.84. The Morgan fingerprint density at radius 1 is 1.32 bits per heavy atom. The predicted octanol–water partition coefficient (Wildman–Crippen LogP) is 2.64. The van der Waals surface area contributed by atoms with E-state index in [9.17, 15) is 0 Å². The van der Waals surface area contributed by atoms with Gasteiger partial charge in [0.25, 0.3) is 0 Å². The minimum Gasteiger partial charge on any atom is -0.493 e. The number of benzene rings is 1. The van der Waals surface area contributed by atoms with Crippen LogP contribution in [0.5, 0.6) is 5.75 Å². The van der Waals surface area contributed by atoms with E-state index >= 15 is 0 Å². The molecule has 3 heteroatoms. The van der Waals surface area contributed by atoms with Gasteiger partial charge in [-0.2, -0.15) is 0 Å². The van der Waals surface area contributed by atoms with Crippen molar-refractivity contribution >= 4 is 0 Å². The highest BCUT2D eigenvalue weighted by atomic mass is 16.5. The van der Waals surface area contributed by atoms with Crippen LogP contribution in [0.2, 0.25) is 0 Å². The van der Waals surface area contributed by atoms with Gasteiger partial charge >= 0.3 is 0 Å². The maximum atomic E-state index is 9.13. The van der Waals surface area contributed by atoms with Crippen molar-refractivity contribution < 1.29 is 9.84 Å². The van der Waals surface area contributed by atoms with Crippen LogP contribution in [-0.4, -0.2) is 31.4 Å². The highest BCUT2D eigenvalue weighted by Gasteiger charge is 2.19. The van der Waals surface area contributed by atoms with Gasteiger partial charge in [0.15, 0.2) is 0 Å². The van der Waals surface area contributed by atoms with Gasteiger partial charge in [0.1, 0.15) is 5.75 Å². The normalized spacial score (nSPS) is 13.4. The van der Waals surface area contributed by atoms with Gasteiger partial charge in [-0.3, -0.25) is 0 Å². The van der Waals surface area contributed by atoms with Crippen LogP contribution in [-0.2, 0) is 5.41 Å². The molecule has 0 saturated carbocycles. The summed E-state index contributed by atoms with van der Waals surface area (Å²) in [5.41, 5.74) is 2.50. The first-order valence-electron chi connectivity index (χ1n) is 6.90. The molecule has 1 aromatic carbocycles. The minimum absolute atomic E-state index is 0.0718. The zero-order chi connectivity index (χ0) is 14.5. The van der Waals surface area contributed by atoms with Crippen LogP contribution in [0.4, 0.5) is 0 Å². The molecule has 1 unspecified atom stereocenters. The van der Waals surface area contributed by atoms with Gasteiger partial charge in [-0.1, -0.05) is 32.9 Å². The third-order valence-electron chi connectivity index (χ3n) is 3.30. The highest BCUT2D eigenvalue weighted by molar-refractivity contribution is 5.41. The van der Waals surface area contributed by atoms with E-state index in [0.29, 0.717) is 6.61 Å². The molecule has 2 N–H and O–H groups in total. The first-order chi connectivity index (χ1) is 8.88. The second-order valence-electron chi connectivity index (χ2n) is 6.05. The fourth-order valence-electron chi connectivity index (χ4n) is 2.01. The SMILES string of the molecule is CNC(CO)CCOc1cc(C)ccc1C(C)(C)C. The molecule has 0 radical (unpaired) electrons. The Morgan fingerprint density at radius 3 is 2.53 bits per heavy atom. The number of hydrogen-bond acceptors (Lipinski definition) is 3. The van der Waals surface area contributed by atoms with Gasteiger partial charge in [-0.15, -0.1) is 0 Å². The summed E-state index contributed by atoms with van der Waals surface area (Å²) in [6.45, 7) is 9.39. The molecule has 0 spiro atoms. The maximum Gasteiger partial charge on any atom is 0.123 e. The summed E-state index contributed by atoms with van der Waals surface area (Å²) in [4.78, 5) is 0. The Labute approximate surface area is 117 Å². The minimum atomic E-state index is 0.0718. The van der Waals surface area contributed by atoms with E-state index in [0.717, 1.165) is 12.2 Å². The fraction of sp³-hybridized carbons (Fsp3) is 0.625. The Balaban J connectivity index is 2.74. The van der Waals surface area contributed by atoms with Crippen LogP contribution >= 0.6 is 0 Å². The Bertz CT molecular complexity index is 392. The second-order valence-corrected chi connectivity index (χ2v) is 6.05. The largest absolute Gasteiger partial charge is 0.493 e. The molecule has 0 bridgehead atoms. The summed E-state index contributed by atoms with van der Waals surface area (Å²) in [6.07, 6.45) is 0.796. The molecular formula is C16H27NO2. The first kappa shape index (κ1) is 16.0. The lowest BCUT2D eigenvalue weighted by Gasteiger charge is -2.23. The molecule has 0 heterocycles. The van der Waals surface area contributed by atoms with Crippen molar-refractivity contribution in [2.75, 3.05) is 20.3 Å². The van der Waals surface area contributed by atoms with Crippen LogP contribution in [0, 0.1) is 6.92 Å². The molecule has 0 aliphatic carbocycles. The van der Waals surface area contributed by atoms with E-state index in [1.54, 1.807) is 0 Å². The lowest BCUT2D eigenvalue weighted by molar-refractivity contribution is 0.213. The van der Waals surface area contributed by atoms with Crippen LogP contribution < -0.4 is 10.1 Å². The fourth-order valence-corrected chi connectivity index (χ4v) is 2.01. The van der Waals surface area contributed by atoms with Gasteiger partial charge in [0.05, 0.1) is 13.2 Å². The average Bonchev–Trinajstić information content (AvgIpc) is 2.33. The number of ether oxygens (including phenoxy) is 1. The number of aliphatic hydroxyl groups excluding tert-OH is 1. The molecule has 1 aromatic rings. The topological polar surface area (TPSA) is 41.5 Å². The molecule has 0 fully saturated rings. The van der Waals surface area contributed by atoms with Crippen molar-refractivity contribution in [2.45, 2.75) is 45.6 Å².